The Labute approximate surface area is 134 Å². The summed E-state index contributed by atoms with van der Waals surface area (Å²) in [7, 11) is -3.93. The van der Waals surface area contributed by atoms with Gasteiger partial charge in [0, 0.05) is 31.1 Å². The van der Waals surface area contributed by atoms with Crippen LogP contribution in [0.2, 0.25) is 0 Å². The first-order valence-electron chi connectivity index (χ1n) is 6.82. The molecule has 0 aliphatic rings. The minimum atomic E-state index is -3.93. The molecule has 0 aliphatic carbocycles. The molecule has 0 atom stereocenters. The first-order chi connectivity index (χ1) is 11.0. The zero-order chi connectivity index (χ0) is 16.7. The predicted molar refractivity (Wildman–Crippen MR) is 86.0 cm³/mol. The van der Waals surface area contributed by atoms with Gasteiger partial charge in [0.05, 0.1) is 6.61 Å². The lowest BCUT2D eigenvalue weighted by atomic mass is 10.2. The molecular weight excluding hydrogens is 318 g/mol. The van der Waals surface area contributed by atoms with Crippen molar-refractivity contribution < 1.29 is 17.3 Å². The van der Waals surface area contributed by atoms with E-state index in [0.29, 0.717) is 18.8 Å². The number of hydrazone groups is 1. The molecule has 0 spiro atoms. The van der Waals surface area contributed by atoms with Crippen LogP contribution in [-0.4, -0.2) is 26.2 Å². The molecule has 8 heteroatoms. The van der Waals surface area contributed by atoms with Crippen molar-refractivity contribution in [2.75, 3.05) is 6.61 Å². The highest BCUT2D eigenvalue weighted by Crippen LogP contribution is 2.25. The summed E-state index contributed by atoms with van der Waals surface area (Å²) in [4.78, 5) is 3.77. The minimum Gasteiger partial charge on any atom is -0.493 e. The van der Waals surface area contributed by atoms with Crippen LogP contribution in [0.5, 0.6) is 11.5 Å². The van der Waals surface area contributed by atoms with E-state index in [1.165, 1.54) is 36.8 Å². The van der Waals surface area contributed by atoms with Crippen molar-refractivity contribution in [3.8, 4) is 11.5 Å². The highest BCUT2D eigenvalue weighted by atomic mass is 32.2. The van der Waals surface area contributed by atoms with Crippen molar-refractivity contribution >= 4 is 16.3 Å². The molecule has 2 N–H and O–H groups in total. The van der Waals surface area contributed by atoms with Crippen LogP contribution in [0.4, 0.5) is 0 Å². The molecule has 0 fully saturated rings. The fourth-order valence-electron chi connectivity index (χ4n) is 1.82. The third-order valence-corrected chi connectivity index (χ3v) is 4.01. The van der Waals surface area contributed by atoms with E-state index in [1.807, 2.05) is 6.92 Å². The molecule has 0 bridgehead atoms. The molecule has 0 unspecified atom stereocenters. The lowest BCUT2D eigenvalue weighted by Gasteiger charge is -2.10. The van der Waals surface area contributed by atoms with Gasteiger partial charge in [-0.2, -0.15) is 13.5 Å². The van der Waals surface area contributed by atoms with Gasteiger partial charge in [0.25, 0.3) is 0 Å². The van der Waals surface area contributed by atoms with Gasteiger partial charge in [-0.3, -0.25) is 4.98 Å². The van der Waals surface area contributed by atoms with Crippen molar-refractivity contribution in [3.63, 3.8) is 0 Å². The topological polar surface area (TPSA) is 104 Å². The Bertz CT molecular complexity index is 777. The number of nitrogens with two attached hydrogens (primary N) is 1. The average molecular weight is 335 g/mol. The molecule has 23 heavy (non-hydrogen) atoms. The number of nitrogens with zero attached hydrogens (tertiary/aromatic N) is 2. The standard InChI is InChI=1S/C15H17N3O4S/c1-12-8-13(21-7-3-6-18-16)10-14(9-12)22-23(19,20)15-4-2-5-17-11-15/h2,4-6,8-11H,3,7,16H2,1H3/b18-6+. The zero-order valence-corrected chi connectivity index (χ0v) is 13.4. The number of ether oxygens (including phenoxy) is 1. The molecule has 0 saturated carbocycles. The van der Waals surface area contributed by atoms with Gasteiger partial charge in [0.2, 0.25) is 0 Å². The van der Waals surface area contributed by atoms with Crippen LogP contribution in [0.15, 0.2) is 52.7 Å². The van der Waals surface area contributed by atoms with E-state index in [2.05, 4.69) is 10.1 Å². The summed E-state index contributed by atoms with van der Waals surface area (Å²) in [6.07, 6.45) is 4.80. The van der Waals surface area contributed by atoms with Crippen molar-refractivity contribution in [1.82, 2.24) is 4.98 Å². The normalized spacial score (nSPS) is 11.5. The Morgan fingerprint density at radius 1 is 1.30 bits per heavy atom. The average Bonchev–Trinajstić information content (AvgIpc) is 2.51. The van der Waals surface area contributed by atoms with E-state index in [1.54, 1.807) is 12.1 Å². The Morgan fingerprint density at radius 2 is 2.09 bits per heavy atom. The van der Waals surface area contributed by atoms with Crippen molar-refractivity contribution in [1.29, 1.82) is 0 Å². The van der Waals surface area contributed by atoms with Gasteiger partial charge in [-0.25, -0.2) is 0 Å². The minimum absolute atomic E-state index is 0.0110. The van der Waals surface area contributed by atoms with Gasteiger partial charge < -0.3 is 14.8 Å². The Balaban J connectivity index is 2.15. The summed E-state index contributed by atoms with van der Waals surface area (Å²) in [5.41, 5.74) is 0.811. The molecule has 2 rings (SSSR count). The maximum Gasteiger partial charge on any atom is 0.340 e. The summed E-state index contributed by atoms with van der Waals surface area (Å²) in [5, 5.41) is 3.37. The summed E-state index contributed by atoms with van der Waals surface area (Å²) < 4.78 is 35.0. The fraction of sp³-hybridized carbons (Fsp3) is 0.200. The summed E-state index contributed by atoms with van der Waals surface area (Å²) in [5.74, 6) is 5.69. The van der Waals surface area contributed by atoms with Crippen LogP contribution >= 0.6 is 0 Å². The molecule has 0 aliphatic heterocycles. The molecular formula is C15H17N3O4S. The second kappa shape index (κ2) is 7.59. The van der Waals surface area contributed by atoms with Gasteiger partial charge in [0.15, 0.2) is 0 Å². The lowest BCUT2D eigenvalue weighted by Crippen LogP contribution is -2.10. The number of rotatable bonds is 7. The molecule has 0 radical (unpaired) electrons. The van der Waals surface area contributed by atoms with Crippen LogP contribution in [0.25, 0.3) is 0 Å². The zero-order valence-electron chi connectivity index (χ0n) is 12.5. The van der Waals surface area contributed by atoms with E-state index in [-0.39, 0.29) is 10.6 Å². The second-order valence-corrected chi connectivity index (χ2v) is 6.22. The van der Waals surface area contributed by atoms with Gasteiger partial charge in [0.1, 0.15) is 16.4 Å². The summed E-state index contributed by atoms with van der Waals surface area (Å²) >= 11 is 0. The Kier molecular flexibility index (Phi) is 5.53. The molecule has 1 heterocycles. The van der Waals surface area contributed by atoms with Gasteiger partial charge >= 0.3 is 10.1 Å². The number of pyridine rings is 1. The van der Waals surface area contributed by atoms with Crippen LogP contribution in [0, 0.1) is 6.92 Å². The number of hydrogen-bond donors (Lipinski definition) is 1. The van der Waals surface area contributed by atoms with E-state index < -0.39 is 10.1 Å². The monoisotopic (exact) mass is 335 g/mol. The number of hydrogen-bond acceptors (Lipinski definition) is 7. The third kappa shape index (κ3) is 4.96. The largest absolute Gasteiger partial charge is 0.493 e. The van der Waals surface area contributed by atoms with Crippen molar-refractivity contribution in [2.24, 2.45) is 10.9 Å². The van der Waals surface area contributed by atoms with Gasteiger partial charge in [-0.1, -0.05) is 0 Å². The van der Waals surface area contributed by atoms with Crippen LogP contribution in [-0.2, 0) is 10.1 Å². The lowest BCUT2D eigenvalue weighted by molar-refractivity contribution is 0.329. The smallest absolute Gasteiger partial charge is 0.340 e. The molecule has 1 aromatic heterocycles. The SMILES string of the molecule is Cc1cc(OCC/C=N/N)cc(OS(=O)(=O)c2cccnc2)c1. The molecule has 7 nitrogen and oxygen atoms in total. The predicted octanol–water partition coefficient (Wildman–Crippen LogP) is 1.87. The quantitative estimate of drug-likeness (QED) is 0.272. The van der Waals surface area contributed by atoms with Gasteiger partial charge in [-0.05, 0) is 36.8 Å². The molecule has 0 amide bonds. The summed E-state index contributed by atoms with van der Waals surface area (Å²) in [6, 6.07) is 7.85. The van der Waals surface area contributed by atoms with Crippen molar-refractivity contribution in [2.45, 2.75) is 18.2 Å². The highest BCUT2D eigenvalue weighted by Gasteiger charge is 2.17. The van der Waals surface area contributed by atoms with Crippen molar-refractivity contribution in [3.05, 3.63) is 48.3 Å². The molecule has 0 saturated heterocycles. The van der Waals surface area contributed by atoms with E-state index in [0.717, 1.165) is 5.56 Å². The molecule has 122 valence electrons. The maximum absolute atomic E-state index is 12.2. The first kappa shape index (κ1) is 16.8. The molecule has 1 aromatic carbocycles. The van der Waals surface area contributed by atoms with Crippen LogP contribution < -0.4 is 14.8 Å². The van der Waals surface area contributed by atoms with E-state index in [9.17, 15) is 8.42 Å². The summed E-state index contributed by atoms with van der Waals surface area (Å²) in [6.45, 7) is 2.19. The first-order valence-corrected chi connectivity index (χ1v) is 8.23. The number of aromatic nitrogens is 1. The Hall–Kier alpha value is -2.61. The maximum atomic E-state index is 12.2. The Morgan fingerprint density at radius 3 is 2.78 bits per heavy atom. The van der Waals surface area contributed by atoms with E-state index >= 15 is 0 Å². The van der Waals surface area contributed by atoms with Crippen LogP contribution in [0.3, 0.4) is 0 Å². The van der Waals surface area contributed by atoms with Gasteiger partial charge in [-0.15, -0.1) is 0 Å². The van der Waals surface area contributed by atoms with E-state index in [4.69, 9.17) is 14.8 Å². The number of benzene rings is 1. The third-order valence-electron chi connectivity index (χ3n) is 2.77. The second-order valence-electron chi connectivity index (χ2n) is 4.68. The molecule has 2 aromatic rings. The van der Waals surface area contributed by atoms with Crippen LogP contribution in [0.1, 0.15) is 12.0 Å². The fourth-order valence-corrected chi connectivity index (χ4v) is 2.70. The highest BCUT2D eigenvalue weighted by molar-refractivity contribution is 7.87. The number of aryl methyl sites for hydroxylation is 1.